The summed E-state index contributed by atoms with van der Waals surface area (Å²) >= 11 is 0. The second-order valence-electron chi connectivity index (χ2n) is 5.30. The number of hydrogen-bond acceptors (Lipinski definition) is 3. The van der Waals surface area contributed by atoms with Crippen molar-refractivity contribution in [2.45, 2.75) is 32.8 Å². The molecule has 1 aliphatic heterocycles. The SMILES string of the molecule is CC[C@@H](O)c1ccc(N2CCc3ccccc32)nc1C. The van der Waals surface area contributed by atoms with Crippen LogP contribution in [-0.2, 0) is 6.42 Å². The molecule has 20 heavy (non-hydrogen) atoms. The number of nitrogens with zero attached hydrogens (tertiary/aromatic N) is 2. The lowest BCUT2D eigenvalue weighted by molar-refractivity contribution is 0.172. The first-order valence-electron chi connectivity index (χ1n) is 7.21. The normalized spacial score (nSPS) is 15.2. The lowest BCUT2D eigenvalue weighted by Gasteiger charge is -2.20. The molecular weight excluding hydrogens is 248 g/mol. The van der Waals surface area contributed by atoms with Crippen LogP contribution < -0.4 is 4.90 Å². The Bertz CT molecular complexity index is 624. The summed E-state index contributed by atoms with van der Waals surface area (Å²) in [6, 6.07) is 12.5. The molecule has 1 atom stereocenters. The molecule has 0 saturated carbocycles. The molecule has 2 aromatic rings. The van der Waals surface area contributed by atoms with E-state index < -0.39 is 6.10 Å². The first kappa shape index (κ1) is 13.1. The highest BCUT2D eigenvalue weighted by Crippen LogP contribution is 2.34. The number of aliphatic hydroxyl groups is 1. The number of fused-ring (bicyclic) bond motifs is 1. The maximum atomic E-state index is 9.97. The fourth-order valence-corrected chi connectivity index (χ4v) is 2.86. The first-order chi connectivity index (χ1) is 9.70. The largest absolute Gasteiger partial charge is 0.388 e. The fourth-order valence-electron chi connectivity index (χ4n) is 2.86. The van der Waals surface area contributed by atoms with Gasteiger partial charge < -0.3 is 10.0 Å². The molecule has 0 saturated heterocycles. The van der Waals surface area contributed by atoms with Crippen LogP contribution in [0.4, 0.5) is 11.5 Å². The third-order valence-corrected chi connectivity index (χ3v) is 4.02. The Labute approximate surface area is 119 Å². The van der Waals surface area contributed by atoms with Crippen LogP contribution in [0.2, 0.25) is 0 Å². The zero-order chi connectivity index (χ0) is 14.1. The molecule has 3 heteroatoms. The van der Waals surface area contributed by atoms with Crippen molar-refractivity contribution in [1.29, 1.82) is 0 Å². The summed E-state index contributed by atoms with van der Waals surface area (Å²) in [5.41, 5.74) is 4.48. The second kappa shape index (κ2) is 5.25. The topological polar surface area (TPSA) is 36.4 Å². The number of anilines is 2. The van der Waals surface area contributed by atoms with E-state index in [2.05, 4.69) is 34.1 Å². The predicted molar refractivity (Wildman–Crippen MR) is 81.4 cm³/mol. The molecule has 3 nitrogen and oxygen atoms in total. The van der Waals surface area contributed by atoms with E-state index in [1.165, 1.54) is 11.3 Å². The van der Waals surface area contributed by atoms with E-state index in [0.29, 0.717) is 6.42 Å². The molecule has 104 valence electrons. The van der Waals surface area contributed by atoms with Gasteiger partial charge in [0.05, 0.1) is 6.10 Å². The summed E-state index contributed by atoms with van der Waals surface area (Å²) in [6.07, 6.45) is 1.37. The minimum Gasteiger partial charge on any atom is -0.388 e. The number of para-hydroxylation sites is 1. The van der Waals surface area contributed by atoms with Gasteiger partial charge in [0.1, 0.15) is 5.82 Å². The van der Waals surface area contributed by atoms with Gasteiger partial charge in [-0.05, 0) is 37.5 Å². The van der Waals surface area contributed by atoms with Crippen molar-refractivity contribution in [3.63, 3.8) is 0 Å². The highest BCUT2D eigenvalue weighted by atomic mass is 16.3. The van der Waals surface area contributed by atoms with E-state index in [1.807, 2.05) is 26.0 Å². The maximum absolute atomic E-state index is 9.97. The third kappa shape index (κ3) is 2.18. The molecule has 3 rings (SSSR count). The minimum atomic E-state index is -0.414. The van der Waals surface area contributed by atoms with Crippen LogP contribution >= 0.6 is 0 Å². The summed E-state index contributed by atoms with van der Waals surface area (Å²) in [6.45, 7) is 4.93. The van der Waals surface area contributed by atoms with E-state index in [0.717, 1.165) is 30.0 Å². The van der Waals surface area contributed by atoms with Crippen molar-refractivity contribution in [3.8, 4) is 0 Å². The Morgan fingerprint density at radius 3 is 2.80 bits per heavy atom. The van der Waals surface area contributed by atoms with E-state index in [4.69, 9.17) is 0 Å². The predicted octanol–water partition coefficient (Wildman–Crippen LogP) is 3.53. The lowest BCUT2D eigenvalue weighted by atomic mass is 10.1. The number of pyridine rings is 1. The Morgan fingerprint density at radius 2 is 2.05 bits per heavy atom. The summed E-state index contributed by atoms with van der Waals surface area (Å²) in [5.74, 6) is 0.972. The molecule has 0 bridgehead atoms. The van der Waals surface area contributed by atoms with Crippen molar-refractivity contribution in [1.82, 2.24) is 4.98 Å². The van der Waals surface area contributed by atoms with Crippen LogP contribution in [-0.4, -0.2) is 16.6 Å². The number of aliphatic hydroxyl groups excluding tert-OH is 1. The Hall–Kier alpha value is -1.87. The Kier molecular flexibility index (Phi) is 3.45. The van der Waals surface area contributed by atoms with Crippen molar-refractivity contribution < 1.29 is 5.11 Å². The standard InChI is InChI=1S/C17H20N2O/c1-3-16(20)14-8-9-17(18-12(14)2)19-11-10-13-6-4-5-7-15(13)19/h4-9,16,20H,3,10-11H2,1-2H3/t16-/m1/s1. The fraction of sp³-hybridized carbons (Fsp3) is 0.353. The molecule has 0 fully saturated rings. The van der Waals surface area contributed by atoms with Gasteiger partial charge in [0.2, 0.25) is 0 Å². The summed E-state index contributed by atoms with van der Waals surface area (Å²) < 4.78 is 0. The number of aryl methyl sites for hydroxylation is 1. The highest BCUT2D eigenvalue weighted by Gasteiger charge is 2.21. The van der Waals surface area contributed by atoms with E-state index in [9.17, 15) is 5.11 Å². The van der Waals surface area contributed by atoms with Gasteiger partial charge in [-0.2, -0.15) is 0 Å². The van der Waals surface area contributed by atoms with Gasteiger partial charge in [-0.15, -0.1) is 0 Å². The van der Waals surface area contributed by atoms with Crippen molar-refractivity contribution >= 4 is 11.5 Å². The average molecular weight is 268 g/mol. The van der Waals surface area contributed by atoms with Crippen molar-refractivity contribution in [3.05, 3.63) is 53.2 Å². The zero-order valence-corrected chi connectivity index (χ0v) is 12.0. The smallest absolute Gasteiger partial charge is 0.133 e. The molecule has 2 heterocycles. The van der Waals surface area contributed by atoms with Crippen LogP contribution in [0.15, 0.2) is 36.4 Å². The Morgan fingerprint density at radius 1 is 1.25 bits per heavy atom. The molecular formula is C17H20N2O. The summed E-state index contributed by atoms with van der Waals surface area (Å²) in [7, 11) is 0. The van der Waals surface area contributed by atoms with Crippen LogP contribution in [0, 0.1) is 6.92 Å². The summed E-state index contributed by atoms with van der Waals surface area (Å²) in [4.78, 5) is 6.94. The number of hydrogen-bond donors (Lipinski definition) is 1. The number of rotatable bonds is 3. The molecule has 1 N–H and O–H groups in total. The number of benzene rings is 1. The van der Waals surface area contributed by atoms with Crippen LogP contribution in [0.5, 0.6) is 0 Å². The average Bonchev–Trinajstić information content (AvgIpc) is 2.90. The van der Waals surface area contributed by atoms with Gasteiger partial charge in [0.25, 0.3) is 0 Å². The molecule has 1 aromatic carbocycles. The van der Waals surface area contributed by atoms with Crippen LogP contribution in [0.3, 0.4) is 0 Å². The van der Waals surface area contributed by atoms with Gasteiger partial charge >= 0.3 is 0 Å². The van der Waals surface area contributed by atoms with Crippen LogP contribution in [0.1, 0.15) is 36.3 Å². The van der Waals surface area contributed by atoms with E-state index in [1.54, 1.807) is 0 Å². The van der Waals surface area contributed by atoms with Gasteiger partial charge in [-0.25, -0.2) is 4.98 Å². The molecule has 0 spiro atoms. The molecule has 1 aromatic heterocycles. The third-order valence-electron chi connectivity index (χ3n) is 4.02. The van der Waals surface area contributed by atoms with E-state index in [-0.39, 0.29) is 0 Å². The summed E-state index contributed by atoms with van der Waals surface area (Å²) in [5, 5.41) is 9.97. The molecule has 0 aliphatic carbocycles. The quantitative estimate of drug-likeness (QED) is 0.925. The maximum Gasteiger partial charge on any atom is 0.133 e. The lowest BCUT2D eigenvalue weighted by Crippen LogP contribution is -2.15. The monoisotopic (exact) mass is 268 g/mol. The first-order valence-corrected chi connectivity index (χ1v) is 7.21. The van der Waals surface area contributed by atoms with Gasteiger partial charge in [-0.1, -0.05) is 31.2 Å². The number of aromatic nitrogens is 1. The van der Waals surface area contributed by atoms with Gasteiger partial charge in [-0.3, -0.25) is 0 Å². The highest BCUT2D eigenvalue weighted by molar-refractivity contribution is 5.67. The second-order valence-corrected chi connectivity index (χ2v) is 5.30. The Balaban J connectivity index is 1.95. The molecule has 0 amide bonds. The van der Waals surface area contributed by atoms with Crippen LogP contribution in [0.25, 0.3) is 0 Å². The zero-order valence-electron chi connectivity index (χ0n) is 12.0. The van der Waals surface area contributed by atoms with E-state index >= 15 is 0 Å². The van der Waals surface area contributed by atoms with Crippen molar-refractivity contribution in [2.75, 3.05) is 11.4 Å². The van der Waals surface area contributed by atoms with Gasteiger partial charge in [0.15, 0.2) is 0 Å². The van der Waals surface area contributed by atoms with Crippen molar-refractivity contribution in [2.24, 2.45) is 0 Å². The molecule has 1 aliphatic rings. The minimum absolute atomic E-state index is 0.414. The molecule has 0 unspecified atom stereocenters. The van der Waals surface area contributed by atoms with Gasteiger partial charge in [0, 0.05) is 23.5 Å². The molecule has 0 radical (unpaired) electrons.